The minimum Gasteiger partial charge on any atom is -0.457 e. The highest BCUT2D eigenvalue weighted by molar-refractivity contribution is 7.22. The Bertz CT molecular complexity index is 1220. The van der Waals surface area contributed by atoms with E-state index in [1.807, 2.05) is 19.1 Å². The predicted octanol–water partition coefficient (Wildman–Crippen LogP) is 7.48. The highest BCUT2D eigenvalue weighted by Gasteiger charge is 2.11. The number of nitrogens with zero attached hydrogens (tertiary/aromatic N) is 1. The number of carbonyl (C=O) groups excluding carboxylic acids is 1. The summed E-state index contributed by atoms with van der Waals surface area (Å²) in [6.45, 7) is 1.93. The summed E-state index contributed by atoms with van der Waals surface area (Å²) in [6.07, 6.45) is 2.96. The molecule has 2 heterocycles. The lowest BCUT2D eigenvalue weighted by molar-refractivity contribution is -0.111. The first-order valence-corrected chi connectivity index (χ1v) is 10.5. The summed E-state index contributed by atoms with van der Waals surface area (Å²) in [7, 11) is 0. The van der Waals surface area contributed by atoms with Crippen LogP contribution >= 0.6 is 46.1 Å². The summed E-state index contributed by atoms with van der Waals surface area (Å²) >= 11 is 19.8. The molecule has 0 unspecified atom stereocenters. The van der Waals surface area contributed by atoms with Crippen LogP contribution in [0, 0.1) is 6.92 Å². The molecule has 0 spiro atoms. The zero-order valence-corrected chi connectivity index (χ0v) is 18.1. The first kappa shape index (κ1) is 20.0. The van der Waals surface area contributed by atoms with Crippen molar-refractivity contribution in [3.05, 3.63) is 74.9 Å². The molecule has 0 aliphatic heterocycles. The SMILES string of the molecule is Cc1cc2sc(NC(=O)C=Cc3ccc(-c4cccc(Cl)c4Cl)o3)nc2cc1Cl. The van der Waals surface area contributed by atoms with Crippen molar-refractivity contribution in [1.82, 2.24) is 4.98 Å². The summed E-state index contributed by atoms with van der Waals surface area (Å²) in [5.41, 5.74) is 2.40. The van der Waals surface area contributed by atoms with Gasteiger partial charge in [-0.15, -0.1) is 0 Å². The number of fused-ring (bicyclic) bond motifs is 1. The van der Waals surface area contributed by atoms with Crippen LogP contribution in [0.15, 0.2) is 53.0 Å². The second kappa shape index (κ2) is 8.20. The molecule has 4 nitrogen and oxygen atoms in total. The Hall–Kier alpha value is -2.31. The van der Waals surface area contributed by atoms with E-state index in [0.29, 0.717) is 37.3 Å². The van der Waals surface area contributed by atoms with Gasteiger partial charge in [-0.2, -0.15) is 0 Å². The van der Waals surface area contributed by atoms with Crippen molar-refractivity contribution in [3.63, 3.8) is 0 Å². The highest BCUT2D eigenvalue weighted by atomic mass is 35.5. The van der Waals surface area contributed by atoms with Crippen molar-refractivity contribution in [2.45, 2.75) is 6.92 Å². The highest BCUT2D eigenvalue weighted by Crippen LogP contribution is 2.34. The van der Waals surface area contributed by atoms with Crippen LogP contribution in [0.4, 0.5) is 5.13 Å². The average Bonchev–Trinajstić information content (AvgIpc) is 3.29. The van der Waals surface area contributed by atoms with Gasteiger partial charge in [-0.3, -0.25) is 10.1 Å². The van der Waals surface area contributed by atoms with E-state index in [2.05, 4.69) is 10.3 Å². The first-order chi connectivity index (χ1) is 13.9. The van der Waals surface area contributed by atoms with Gasteiger partial charge < -0.3 is 4.42 Å². The Morgan fingerprint density at radius 1 is 1.14 bits per heavy atom. The molecule has 0 aliphatic carbocycles. The molecule has 0 fully saturated rings. The van der Waals surface area contributed by atoms with E-state index in [-0.39, 0.29) is 5.91 Å². The number of thiazole rings is 1. The van der Waals surface area contributed by atoms with Gasteiger partial charge in [-0.1, -0.05) is 52.2 Å². The number of benzene rings is 2. The molecule has 1 N–H and O–H groups in total. The van der Waals surface area contributed by atoms with E-state index in [1.54, 1.807) is 36.4 Å². The van der Waals surface area contributed by atoms with Gasteiger partial charge in [0.1, 0.15) is 11.5 Å². The molecule has 4 aromatic rings. The minimum absolute atomic E-state index is 0.314. The van der Waals surface area contributed by atoms with E-state index in [0.717, 1.165) is 15.8 Å². The first-order valence-electron chi connectivity index (χ1n) is 8.50. The largest absolute Gasteiger partial charge is 0.457 e. The summed E-state index contributed by atoms with van der Waals surface area (Å²) < 4.78 is 6.70. The van der Waals surface area contributed by atoms with Gasteiger partial charge in [0.25, 0.3) is 0 Å². The molecule has 146 valence electrons. The Balaban J connectivity index is 1.48. The molecule has 0 bridgehead atoms. The Kier molecular flexibility index (Phi) is 5.65. The van der Waals surface area contributed by atoms with E-state index < -0.39 is 0 Å². The van der Waals surface area contributed by atoms with Crippen LogP contribution in [-0.4, -0.2) is 10.9 Å². The fourth-order valence-corrected chi connectivity index (χ4v) is 4.19. The molecular formula is C21H13Cl3N2O2S. The molecule has 2 aromatic heterocycles. The molecule has 0 saturated carbocycles. The van der Waals surface area contributed by atoms with E-state index in [4.69, 9.17) is 39.2 Å². The molecule has 1 amide bonds. The Labute approximate surface area is 185 Å². The smallest absolute Gasteiger partial charge is 0.250 e. The quantitative estimate of drug-likeness (QED) is 0.319. The monoisotopic (exact) mass is 462 g/mol. The van der Waals surface area contributed by atoms with Crippen molar-refractivity contribution >= 4 is 73.5 Å². The Morgan fingerprint density at radius 3 is 2.79 bits per heavy atom. The van der Waals surface area contributed by atoms with E-state index >= 15 is 0 Å². The lowest BCUT2D eigenvalue weighted by Gasteiger charge is -2.01. The second-order valence-corrected chi connectivity index (χ2v) is 8.44. The maximum atomic E-state index is 12.2. The summed E-state index contributed by atoms with van der Waals surface area (Å²) in [5.74, 6) is 0.763. The lowest BCUT2D eigenvalue weighted by atomic mass is 10.2. The zero-order chi connectivity index (χ0) is 20.5. The number of rotatable bonds is 4. The van der Waals surface area contributed by atoms with Crippen LogP contribution in [0.25, 0.3) is 27.6 Å². The van der Waals surface area contributed by atoms with Crippen LogP contribution in [0.2, 0.25) is 15.1 Å². The molecule has 29 heavy (non-hydrogen) atoms. The molecule has 0 radical (unpaired) electrons. The van der Waals surface area contributed by atoms with Gasteiger partial charge in [0.05, 0.1) is 20.3 Å². The molecular weight excluding hydrogens is 451 g/mol. The number of hydrogen-bond acceptors (Lipinski definition) is 4. The van der Waals surface area contributed by atoms with Crippen molar-refractivity contribution < 1.29 is 9.21 Å². The summed E-state index contributed by atoms with van der Waals surface area (Å²) in [5, 5.41) is 4.77. The number of amides is 1. The third kappa shape index (κ3) is 4.33. The molecule has 0 aliphatic rings. The maximum absolute atomic E-state index is 12.2. The van der Waals surface area contributed by atoms with Gasteiger partial charge >= 0.3 is 0 Å². The maximum Gasteiger partial charge on any atom is 0.250 e. The van der Waals surface area contributed by atoms with Crippen LogP contribution in [-0.2, 0) is 4.79 Å². The van der Waals surface area contributed by atoms with Gasteiger partial charge in [0.2, 0.25) is 5.91 Å². The molecule has 4 rings (SSSR count). The van der Waals surface area contributed by atoms with Gasteiger partial charge in [-0.05, 0) is 55.0 Å². The van der Waals surface area contributed by atoms with Gasteiger partial charge in [-0.25, -0.2) is 4.98 Å². The van der Waals surface area contributed by atoms with E-state index in [9.17, 15) is 4.79 Å². The average molecular weight is 464 g/mol. The standard InChI is InChI=1S/C21H13Cl3N2O2S/c1-11-9-18-16(10-15(11)23)25-21(29-18)26-19(27)8-6-12-5-7-17(28-12)13-3-2-4-14(22)20(13)24/h2-10H,1H3,(H,25,26,27). The van der Waals surface area contributed by atoms with Crippen LogP contribution in [0.3, 0.4) is 0 Å². The topological polar surface area (TPSA) is 55.1 Å². The normalized spacial score (nSPS) is 11.4. The number of furan rings is 1. The number of hydrogen-bond donors (Lipinski definition) is 1. The number of anilines is 1. The van der Waals surface area contributed by atoms with Crippen LogP contribution in [0.5, 0.6) is 0 Å². The fourth-order valence-electron chi connectivity index (χ4n) is 2.69. The predicted molar refractivity (Wildman–Crippen MR) is 121 cm³/mol. The van der Waals surface area contributed by atoms with Crippen LogP contribution in [0.1, 0.15) is 11.3 Å². The molecule has 0 atom stereocenters. The zero-order valence-electron chi connectivity index (χ0n) is 15.0. The van der Waals surface area contributed by atoms with Crippen LogP contribution < -0.4 is 5.32 Å². The Morgan fingerprint density at radius 2 is 1.97 bits per heavy atom. The second-order valence-electron chi connectivity index (χ2n) is 6.21. The van der Waals surface area contributed by atoms with Gasteiger partial charge in [0, 0.05) is 16.7 Å². The molecule has 0 saturated heterocycles. The van der Waals surface area contributed by atoms with Crippen molar-refractivity contribution in [2.75, 3.05) is 5.32 Å². The lowest BCUT2D eigenvalue weighted by Crippen LogP contribution is -2.07. The number of halogens is 3. The number of nitrogens with one attached hydrogen (secondary N) is 1. The minimum atomic E-state index is -0.314. The fraction of sp³-hybridized carbons (Fsp3) is 0.0476. The number of aryl methyl sites for hydroxylation is 1. The van der Waals surface area contributed by atoms with Crippen molar-refractivity contribution in [1.29, 1.82) is 0 Å². The van der Waals surface area contributed by atoms with Crippen molar-refractivity contribution in [2.24, 2.45) is 0 Å². The summed E-state index contributed by atoms with van der Waals surface area (Å²) in [4.78, 5) is 16.6. The third-order valence-corrected chi connectivity index (χ3v) is 6.30. The van der Waals surface area contributed by atoms with Crippen molar-refractivity contribution in [3.8, 4) is 11.3 Å². The summed E-state index contributed by atoms with van der Waals surface area (Å²) in [6, 6.07) is 12.6. The third-order valence-electron chi connectivity index (χ3n) is 4.14. The number of carbonyl (C=O) groups is 1. The number of aromatic nitrogens is 1. The molecule has 2 aromatic carbocycles. The van der Waals surface area contributed by atoms with E-state index in [1.165, 1.54) is 17.4 Å². The van der Waals surface area contributed by atoms with Gasteiger partial charge in [0.15, 0.2) is 5.13 Å². The molecule has 8 heteroatoms.